The number of hydrogen-bond donors (Lipinski definition) is 0. The normalized spacial score (nSPS) is 11.0. The number of amides is 2. The van der Waals surface area contributed by atoms with Gasteiger partial charge in [0, 0.05) is 61.9 Å². The molecule has 2 aromatic carbocycles. The molecule has 9 heteroatoms. The van der Waals surface area contributed by atoms with E-state index in [4.69, 9.17) is 4.74 Å². The fraction of sp³-hybridized carbons (Fsp3) is 0.379. The standard InChI is InChI=1S/C29H36N4O5/c1-22(2)32(20-26-12-8-15-30(26)19-24-10-6-5-7-11-24)28(34)21-31(16-9-17-38-4)29(35)25-14-13-23(3)27(18-25)33(36)37/h5-8,10-15,18,22H,9,16-17,19-21H2,1-4H3. The number of carbonyl (C=O) groups excluding carboxylic acids is 2. The van der Waals surface area contributed by atoms with Crippen LogP contribution in [0.5, 0.6) is 0 Å². The predicted molar refractivity (Wildman–Crippen MR) is 146 cm³/mol. The predicted octanol–water partition coefficient (Wildman–Crippen LogP) is 4.67. The minimum Gasteiger partial charge on any atom is -0.385 e. The monoisotopic (exact) mass is 520 g/mol. The molecule has 0 fully saturated rings. The van der Waals surface area contributed by atoms with E-state index in [1.54, 1.807) is 31.1 Å². The molecule has 0 bridgehead atoms. The van der Waals surface area contributed by atoms with Gasteiger partial charge in [-0.1, -0.05) is 36.4 Å². The summed E-state index contributed by atoms with van der Waals surface area (Å²) in [7, 11) is 1.58. The van der Waals surface area contributed by atoms with Crippen molar-refractivity contribution >= 4 is 17.5 Å². The van der Waals surface area contributed by atoms with Crippen molar-refractivity contribution in [2.24, 2.45) is 0 Å². The summed E-state index contributed by atoms with van der Waals surface area (Å²) in [6.07, 6.45) is 2.53. The van der Waals surface area contributed by atoms with Crippen molar-refractivity contribution in [1.82, 2.24) is 14.4 Å². The second-order valence-corrected chi connectivity index (χ2v) is 9.56. The molecule has 2 amide bonds. The summed E-state index contributed by atoms with van der Waals surface area (Å²) in [5.41, 5.74) is 2.68. The number of nitro groups is 1. The van der Waals surface area contributed by atoms with Crippen molar-refractivity contribution in [1.29, 1.82) is 0 Å². The van der Waals surface area contributed by atoms with Gasteiger partial charge in [-0.15, -0.1) is 0 Å². The number of rotatable bonds is 13. The molecule has 0 aliphatic carbocycles. The number of nitrogens with zero attached hydrogens (tertiary/aromatic N) is 4. The van der Waals surface area contributed by atoms with Crippen molar-refractivity contribution in [3.8, 4) is 0 Å². The molecule has 3 aromatic rings. The quantitative estimate of drug-likeness (QED) is 0.185. The lowest BCUT2D eigenvalue weighted by Crippen LogP contribution is -2.46. The smallest absolute Gasteiger partial charge is 0.273 e. The Morgan fingerprint density at radius 3 is 2.47 bits per heavy atom. The van der Waals surface area contributed by atoms with Gasteiger partial charge in [0.15, 0.2) is 0 Å². The maximum Gasteiger partial charge on any atom is 0.273 e. The van der Waals surface area contributed by atoms with E-state index >= 15 is 0 Å². The topological polar surface area (TPSA) is 97.9 Å². The van der Waals surface area contributed by atoms with Crippen LogP contribution in [-0.4, -0.2) is 64.0 Å². The molecule has 0 aliphatic heterocycles. The van der Waals surface area contributed by atoms with Crippen LogP contribution >= 0.6 is 0 Å². The zero-order valence-corrected chi connectivity index (χ0v) is 22.5. The average molecular weight is 521 g/mol. The number of nitro benzene ring substituents is 1. The van der Waals surface area contributed by atoms with Crippen molar-refractivity contribution in [2.45, 2.75) is 46.3 Å². The Kier molecular flexibility index (Phi) is 10.2. The molecule has 3 rings (SSSR count). The highest BCUT2D eigenvalue weighted by Gasteiger charge is 2.26. The summed E-state index contributed by atoms with van der Waals surface area (Å²) in [6.45, 7) is 7.18. The van der Waals surface area contributed by atoms with Crippen LogP contribution in [0.25, 0.3) is 0 Å². The molecule has 0 spiro atoms. The van der Waals surface area contributed by atoms with Crippen molar-refractivity contribution in [2.75, 3.05) is 26.8 Å². The van der Waals surface area contributed by atoms with Crippen LogP contribution in [0, 0.1) is 17.0 Å². The molecule has 38 heavy (non-hydrogen) atoms. The highest BCUT2D eigenvalue weighted by atomic mass is 16.6. The van der Waals surface area contributed by atoms with Gasteiger partial charge in [0.1, 0.15) is 6.54 Å². The van der Waals surface area contributed by atoms with Crippen molar-refractivity contribution in [3.63, 3.8) is 0 Å². The fourth-order valence-electron chi connectivity index (χ4n) is 4.29. The maximum absolute atomic E-state index is 13.6. The van der Waals surface area contributed by atoms with Gasteiger partial charge in [-0.2, -0.15) is 0 Å². The molecule has 9 nitrogen and oxygen atoms in total. The van der Waals surface area contributed by atoms with Crippen molar-refractivity contribution in [3.05, 3.63) is 99.4 Å². The molecule has 0 saturated heterocycles. The Morgan fingerprint density at radius 1 is 1.08 bits per heavy atom. The van der Waals surface area contributed by atoms with Crippen LogP contribution < -0.4 is 0 Å². The number of methoxy groups -OCH3 is 1. The van der Waals surface area contributed by atoms with Crippen LogP contribution in [0.2, 0.25) is 0 Å². The van der Waals surface area contributed by atoms with E-state index in [1.165, 1.54) is 11.0 Å². The lowest BCUT2D eigenvalue weighted by Gasteiger charge is -2.31. The molecule has 0 aliphatic rings. The summed E-state index contributed by atoms with van der Waals surface area (Å²) in [5, 5.41) is 11.4. The second kappa shape index (κ2) is 13.5. The average Bonchev–Trinajstić information content (AvgIpc) is 3.33. The van der Waals surface area contributed by atoms with Gasteiger partial charge in [-0.05, 0) is 51.0 Å². The van der Waals surface area contributed by atoms with Gasteiger partial charge in [0.05, 0.1) is 11.5 Å². The highest BCUT2D eigenvalue weighted by molar-refractivity contribution is 5.97. The lowest BCUT2D eigenvalue weighted by atomic mass is 10.1. The molecule has 0 saturated carbocycles. The minimum atomic E-state index is -0.502. The van der Waals surface area contributed by atoms with E-state index in [2.05, 4.69) is 16.7 Å². The van der Waals surface area contributed by atoms with E-state index in [9.17, 15) is 19.7 Å². The molecule has 1 aromatic heterocycles. The van der Waals surface area contributed by atoms with Crippen LogP contribution in [0.3, 0.4) is 0 Å². The third-order valence-corrected chi connectivity index (χ3v) is 6.44. The van der Waals surface area contributed by atoms with E-state index in [0.29, 0.717) is 31.7 Å². The van der Waals surface area contributed by atoms with Gasteiger partial charge in [0.2, 0.25) is 5.91 Å². The summed E-state index contributed by atoms with van der Waals surface area (Å²) >= 11 is 0. The first-order chi connectivity index (χ1) is 18.2. The van der Waals surface area contributed by atoms with Gasteiger partial charge in [-0.25, -0.2) is 0 Å². The number of aryl methyl sites for hydroxylation is 1. The summed E-state index contributed by atoms with van der Waals surface area (Å²) in [4.78, 5) is 41.1. The van der Waals surface area contributed by atoms with Crippen LogP contribution in [-0.2, 0) is 22.6 Å². The lowest BCUT2D eigenvalue weighted by molar-refractivity contribution is -0.385. The third kappa shape index (κ3) is 7.52. The maximum atomic E-state index is 13.6. The first-order valence-corrected chi connectivity index (χ1v) is 12.7. The first-order valence-electron chi connectivity index (χ1n) is 12.7. The Morgan fingerprint density at radius 2 is 1.82 bits per heavy atom. The number of hydrogen-bond acceptors (Lipinski definition) is 5. The van der Waals surface area contributed by atoms with Gasteiger partial charge >= 0.3 is 0 Å². The molecule has 0 N–H and O–H groups in total. The fourth-order valence-corrected chi connectivity index (χ4v) is 4.29. The molecule has 1 heterocycles. The summed E-state index contributed by atoms with van der Waals surface area (Å²) in [6, 6.07) is 18.4. The molecule has 0 atom stereocenters. The summed E-state index contributed by atoms with van der Waals surface area (Å²) < 4.78 is 7.26. The first kappa shape index (κ1) is 28.6. The molecular formula is C29H36N4O5. The Hall–Kier alpha value is -3.98. The van der Waals surface area contributed by atoms with Crippen LogP contribution in [0.4, 0.5) is 5.69 Å². The van der Waals surface area contributed by atoms with Crippen LogP contribution in [0.1, 0.15) is 47.4 Å². The zero-order valence-electron chi connectivity index (χ0n) is 22.5. The highest BCUT2D eigenvalue weighted by Crippen LogP contribution is 2.21. The SMILES string of the molecule is COCCCN(CC(=O)N(Cc1cccn1Cc1ccccc1)C(C)C)C(=O)c1ccc(C)c([N+](=O)[O-])c1. The van der Waals surface area contributed by atoms with Gasteiger partial charge in [0.25, 0.3) is 11.6 Å². The van der Waals surface area contributed by atoms with E-state index < -0.39 is 10.8 Å². The largest absolute Gasteiger partial charge is 0.385 e. The second-order valence-electron chi connectivity index (χ2n) is 9.56. The van der Waals surface area contributed by atoms with Crippen molar-refractivity contribution < 1.29 is 19.2 Å². The Balaban J connectivity index is 1.80. The molecule has 0 radical (unpaired) electrons. The Bertz CT molecular complexity index is 1240. The number of aromatic nitrogens is 1. The van der Waals surface area contributed by atoms with E-state index in [1.807, 2.05) is 50.4 Å². The number of ether oxygens (including phenoxy) is 1. The zero-order chi connectivity index (χ0) is 27.7. The van der Waals surface area contributed by atoms with E-state index in [-0.39, 0.29) is 36.3 Å². The number of benzene rings is 2. The molecular weight excluding hydrogens is 484 g/mol. The third-order valence-electron chi connectivity index (χ3n) is 6.44. The molecule has 202 valence electrons. The van der Waals surface area contributed by atoms with E-state index in [0.717, 1.165) is 11.3 Å². The Labute approximate surface area is 223 Å². The van der Waals surface area contributed by atoms with Gasteiger partial charge in [-0.3, -0.25) is 19.7 Å². The minimum absolute atomic E-state index is 0.0982. The van der Waals surface area contributed by atoms with Gasteiger partial charge < -0.3 is 19.1 Å². The molecule has 0 unspecified atom stereocenters. The summed E-state index contributed by atoms with van der Waals surface area (Å²) in [5.74, 6) is -0.617. The number of carbonyl (C=O) groups is 2. The van der Waals surface area contributed by atoms with Crippen LogP contribution in [0.15, 0.2) is 66.9 Å².